The van der Waals surface area contributed by atoms with Crippen LogP contribution in [0, 0.1) is 0 Å². The smallest absolute Gasteiger partial charge is 0.285 e. The number of hydrogen-bond donors (Lipinski definition) is 1. The number of nitrogens with one attached hydrogen (secondary N) is 1. The maximum absolute atomic E-state index is 12.6. The van der Waals surface area contributed by atoms with Crippen LogP contribution < -0.4 is 10.9 Å². The molecule has 1 N–H and O–H groups in total. The molecule has 4 rings (SSSR count). The Bertz CT molecular complexity index is 1160. The highest BCUT2D eigenvalue weighted by atomic mass is 32.2. The molecule has 1 aromatic carbocycles. The summed E-state index contributed by atoms with van der Waals surface area (Å²) in [6.45, 7) is 0. The number of carbonyl (C=O) groups is 2. The summed E-state index contributed by atoms with van der Waals surface area (Å²) in [6.07, 6.45) is 2.73. The summed E-state index contributed by atoms with van der Waals surface area (Å²) in [7, 11) is 0. The number of rotatable bonds is 3. The number of thiocarbonyl (C=S) groups is 1. The van der Waals surface area contributed by atoms with Crippen LogP contribution in [0.3, 0.4) is 0 Å². The number of para-hydroxylation sites is 1. The predicted molar refractivity (Wildman–Crippen MR) is 109 cm³/mol. The molecular formula is C18H10N2O4S3. The standard InChI is InChI=1S/C18H10N2O4S3/c21-15-10(9-24-12-5-2-1-4-11(12)15)8-14-17(23)20(18(25)27-14)19-16(22)13-6-3-7-26-13/h1-9H,(H,19,22). The summed E-state index contributed by atoms with van der Waals surface area (Å²) in [4.78, 5) is 38.0. The van der Waals surface area contributed by atoms with Crippen LogP contribution in [0.1, 0.15) is 15.2 Å². The quantitative estimate of drug-likeness (QED) is 0.523. The molecule has 1 fully saturated rings. The molecule has 0 unspecified atom stereocenters. The summed E-state index contributed by atoms with van der Waals surface area (Å²) in [5.74, 6) is -0.921. The highest BCUT2D eigenvalue weighted by molar-refractivity contribution is 8.26. The van der Waals surface area contributed by atoms with Crippen LogP contribution in [0.5, 0.6) is 0 Å². The zero-order chi connectivity index (χ0) is 19.0. The second-order valence-electron chi connectivity index (χ2n) is 5.45. The molecule has 1 aliphatic rings. The molecular weight excluding hydrogens is 404 g/mol. The molecule has 27 heavy (non-hydrogen) atoms. The Morgan fingerprint density at radius 2 is 2.00 bits per heavy atom. The zero-order valence-electron chi connectivity index (χ0n) is 13.5. The van der Waals surface area contributed by atoms with E-state index in [0.717, 1.165) is 16.8 Å². The monoisotopic (exact) mass is 414 g/mol. The van der Waals surface area contributed by atoms with Gasteiger partial charge in [0.15, 0.2) is 9.75 Å². The first-order chi connectivity index (χ1) is 13.0. The van der Waals surface area contributed by atoms with Gasteiger partial charge in [-0.15, -0.1) is 11.3 Å². The van der Waals surface area contributed by atoms with Crippen LogP contribution in [-0.4, -0.2) is 21.1 Å². The van der Waals surface area contributed by atoms with E-state index >= 15 is 0 Å². The van der Waals surface area contributed by atoms with Crippen molar-refractivity contribution in [1.29, 1.82) is 0 Å². The third kappa shape index (κ3) is 3.32. The maximum Gasteiger partial charge on any atom is 0.285 e. The number of thiophene rings is 1. The van der Waals surface area contributed by atoms with Crippen molar-refractivity contribution in [3.8, 4) is 0 Å². The first kappa shape index (κ1) is 17.7. The van der Waals surface area contributed by atoms with Crippen LogP contribution in [-0.2, 0) is 4.79 Å². The number of carbonyl (C=O) groups excluding carboxylic acids is 2. The third-order valence-corrected chi connectivity index (χ3v) is 5.92. The zero-order valence-corrected chi connectivity index (χ0v) is 16.0. The Labute approximate surface area is 166 Å². The van der Waals surface area contributed by atoms with Gasteiger partial charge in [-0.25, -0.2) is 0 Å². The first-order valence-electron chi connectivity index (χ1n) is 7.67. The number of nitrogens with zero attached hydrogens (tertiary/aromatic N) is 1. The SMILES string of the molecule is O=C(NN1C(=O)C(=Cc2coc3ccccc3c2=O)SC1=S)c1cccs1. The van der Waals surface area contributed by atoms with Gasteiger partial charge in [0.25, 0.3) is 11.8 Å². The van der Waals surface area contributed by atoms with Crippen LogP contribution in [0.4, 0.5) is 0 Å². The van der Waals surface area contributed by atoms with Crippen molar-refractivity contribution in [3.63, 3.8) is 0 Å². The molecule has 0 bridgehead atoms. The topological polar surface area (TPSA) is 79.6 Å². The third-order valence-electron chi connectivity index (χ3n) is 3.75. The van der Waals surface area contributed by atoms with E-state index in [9.17, 15) is 14.4 Å². The molecule has 0 aliphatic carbocycles. The van der Waals surface area contributed by atoms with Crippen molar-refractivity contribution in [1.82, 2.24) is 10.4 Å². The number of thioether (sulfide) groups is 1. The lowest BCUT2D eigenvalue weighted by Gasteiger charge is -2.14. The highest BCUT2D eigenvalue weighted by Crippen LogP contribution is 2.31. The van der Waals surface area contributed by atoms with E-state index in [1.54, 1.807) is 41.8 Å². The molecule has 6 nitrogen and oxygen atoms in total. The summed E-state index contributed by atoms with van der Waals surface area (Å²) in [6, 6.07) is 10.2. The van der Waals surface area contributed by atoms with Gasteiger partial charge in [-0.2, -0.15) is 5.01 Å². The van der Waals surface area contributed by atoms with Crippen molar-refractivity contribution < 1.29 is 14.0 Å². The molecule has 1 aliphatic heterocycles. The van der Waals surface area contributed by atoms with Gasteiger partial charge in [0, 0.05) is 0 Å². The van der Waals surface area contributed by atoms with Crippen molar-refractivity contribution in [2.45, 2.75) is 0 Å². The van der Waals surface area contributed by atoms with Crippen LogP contribution >= 0.6 is 35.3 Å². The van der Waals surface area contributed by atoms with Gasteiger partial charge in [0.05, 0.1) is 20.7 Å². The minimum Gasteiger partial charge on any atom is -0.463 e. The number of fused-ring (bicyclic) bond motifs is 1. The molecule has 0 saturated carbocycles. The fraction of sp³-hybridized carbons (Fsp3) is 0. The van der Waals surface area contributed by atoms with Crippen molar-refractivity contribution in [2.24, 2.45) is 0 Å². The lowest BCUT2D eigenvalue weighted by Crippen LogP contribution is -2.44. The minimum absolute atomic E-state index is 0.182. The molecule has 3 aromatic rings. The Hall–Kier alpha value is -2.75. The van der Waals surface area contributed by atoms with E-state index in [0.29, 0.717) is 15.8 Å². The molecule has 0 atom stereocenters. The average Bonchev–Trinajstić information content (AvgIpc) is 3.29. The highest BCUT2D eigenvalue weighted by Gasteiger charge is 2.34. The summed E-state index contributed by atoms with van der Waals surface area (Å²) in [5.41, 5.74) is 2.95. The summed E-state index contributed by atoms with van der Waals surface area (Å²) >= 11 is 7.44. The van der Waals surface area contributed by atoms with Gasteiger partial charge in [0.2, 0.25) is 0 Å². The van der Waals surface area contributed by atoms with Gasteiger partial charge < -0.3 is 4.42 Å². The van der Waals surface area contributed by atoms with Crippen molar-refractivity contribution in [2.75, 3.05) is 0 Å². The lowest BCUT2D eigenvalue weighted by molar-refractivity contribution is -0.123. The number of hydrogen-bond acceptors (Lipinski definition) is 7. The van der Waals surface area contributed by atoms with Crippen LogP contribution in [0.15, 0.2) is 62.2 Å². The van der Waals surface area contributed by atoms with E-state index in [2.05, 4.69) is 5.43 Å². The maximum atomic E-state index is 12.6. The molecule has 0 spiro atoms. The largest absolute Gasteiger partial charge is 0.463 e. The van der Waals surface area contributed by atoms with E-state index in [1.807, 2.05) is 0 Å². The fourth-order valence-electron chi connectivity index (χ4n) is 2.46. The first-order valence-corrected chi connectivity index (χ1v) is 9.78. The Kier molecular flexibility index (Phi) is 4.65. The Morgan fingerprint density at radius 3 is 2.78 bits per heavy atom. The van der Waals surface area contributed by atoms with E-state index in [-0.39, 0.29) is 20.2 Å². The average molecular weight is 414 g/mol. The Balaban J connectivity index is 1.63. The van der Waals surface area contributed by atoms with Gasteiger partial charge in [-0.05, 0) is 41.9 Å². The minimum atomic E-state index is -0.498. The predicted octanol–water partition coefficient (Wildman–Crippen LogP) is 3.40. The van der Waals surface area contributed by atoms with Crippen molar-refractivity contribution >= 4 is 68.5 Å². The number of amides is 2. The summed E-state index contributed by atoms with van der Waals surface area (Å²) in [5, 5.41) is 3.20. The molecule has 9 heteroatoms. The number of benzene rings is 1. The molecule has 2 aromatic heterocycles. The van der Waals surface area contributed by atoms with Crippen LogP contribution in [0.25, 0.3) is 17.0 Å². The van der Waals surface area contributed by atoms with Crippen molar-refractivity contribution in [3.05, 3.63) is 73.6 Å². The van der Waals surface area contributed by atoms with Gasteiger partial charge >= 0.3 is 0 Å². The molecule has 2 amide bonds. The van der Waals surface area contributed by atoms with E-state index in [4.69, 9.17) is 16.6 Å². The number of hydrazine groups is 1. The molecule has 1 saturated heterocycles. The molecule has 134 valence electrons. The fourth-order valence-corrected chi connectivity index (χ4v) is 4.25. The molecule has 3 heterocycles. The second-order valence-corrected chi connectivity index (χ2v) is 8.08. The second kappa shape index (κ2) is 7.10. The van der Waals surface area contributed by atoms with Gasteiger partial charge in [-0.1, -0.05) is 30.0 Å². The van der Waals surface area contributed by atoms with E-state index < -0.39 is 11.8 Å². The molecule has 0 radical (unpaired) electrons. The van der Waals surface area contributed by atoms with E-state index in [1.165, 1.54) is 23.7 Å². The van der Waals surface area contributed by atoms with Gasteiger partial charge in [-0.3, -0.25) is 19.8 Å². The normalized spacial score (nSPS) is 15.7. The van der Waals surface area contributed by atoms with Crippen LogP contribution in [0.2, 0.25) is 0 Å². The summed E-state index contributed by atoms with van der Waals surface area (Å²) < 4.78 is 5.64. The Morgan fingerprint density at radius 1 is 1.19 bits per heavy atom. The lowest BCUT2D eigenvalue weighted by atomic mass is 10.1. The van der Waals surface area contributed by atoms with Gasteiger partial charge in [0.1, 0.15) is 11.8 Å².